The summed E-state index contributed by atoms with van der Waals surface area (Å²) in [5.41, 5.74) is 2.29. The molecule has 1 aliphatic heterocycles. The summed E-state index contributed by atoms with van der Waals surface area (Å²) in [6.07, 6.45) is 0. The minimum atomic E-state index is -0.248. The van der Waals surface area contributed by atoms with Gasteiger partial charge in [-0.1, -0.05) is 11.2 Å². The van der Waals surface area contributed by atoms with Crippen molar-refractivity contribution in [3.8, 4) is 0 Å². The maximum absolute atomic E-state index is 12.6. The quantitative estimate of drug-likeness (QED) is 0.846. The fourth-order valence-electron chi connectivity index (χ4n) is 2.68. The molecule has 8 nitrogen and oxygen atoms in total. The molecule has 2 amide bonds. The van der Waals surface area contributed by atoms with E-state index in [0.29, 0.717) is 43.4 Å². The molecular weight excluding hydrogens is 336 g/mol. The first-order valence-corrected chi connectivity index (χ1v) is 8.47. The molecule has 1 aliphatic rings. The lowest BCUT2D eigenvalue weighted by Crippen LogP contribution is -2.40. The molecule has 1 aromatic heterocycles. The van der Waals surface area contributed by atoms with Crippen LogP contribution in [0.5, 0.6) is 0 Å². The van der Waals surface area contributed by atoms with Gasteiger partial charge in [-0.2, -0.15) is 0 Å². The van der Waals surface area contributed by atoms with Gasteiger partial charge in [0, 0.05) is 30.4 Å². The third-order valence-electron chi connectivity index (χ3n) is 4.12. The van der Waals surface area contributed by atoms with Crippen LogP contribution in [0.25, 0.3) is 0 Å². The number of hydrogen-bond donors (Lipinski definition) is 2. The number of rotatable bonds is 5. The Hall–Kier alpha value is -2.87. The summed E-state index contributed by atoms with van der Waals surface area (Å²) in [5, 5.41) is 9.44. The van der Waals surface area contributed by atoms with Crippen molar-refractivity contribution < 1.29 is 18.8 Å². The van der Waals surface area contributed by atoms with Crippen LogP contribution >= 0.6 is 0 Å². The fraction of sp³-hybridized carbons (Fsp3) is 0.389. The molecule has 2 heterocycles. The first-order valence-electron chi connectivity index (χ1n) is 8.47. The lowest BCUT2D eigenvalue weighted by atomic mass is 10.1. The minimum Gasteiger partial charge on any atom is -0.378 e. The van der Waals surface area contributed by atoms with Gasteiger partial charge in [0.2, 0.25) is 5.91 Å². The van der Waals surface area contributed by atoms with Crippen molar-refractivity contribution in [2.24, 2.45) is 0 Å². The molecule has 0 bridgehead atoms. The van der Waals surface area contributed by atoms with Gasteiger partial charge in [-0.25, -0.2) is 0 Å². The average Bonchev–Trinajstić information content (AvgIpc) is 3.06. The maximum atomic E-state index is 12.6. The van der Waals surface area contributed by atoms with Gasteiger partial charge in [0.15, 0.2) is 5.82 Å². The van der Waals surface area contributed by atoms with Gasteiger partial charge in [0.1, 0.15) is 5.76 Å². The Kier molecular flexibility index (Phi) is 5.52. The van der Waals surface area contributed by atoms with Crippen LogP contribution < -0.4 is 10.6 Å². The molecule has 0 saturated carbocycles. The fourth-order valence-corrected chi connectivity index (χ4v) is 2.68. The highest BCUT2D eigenvalue weighted by molar-refractivity contribution is 5.96. The number of morpholine rings is 1. The summed E-state index contributed by atoms with van der Waals surface area (Å²) in [6, 6.07) is 7.09. The summed E-state index contributed by atoms with van der Waals surface area (Å²) in [4.78, 5) is 26.4. The van der Waals surface area contributed by atoms with Gasteiger partial charge in [0.05, 0.1) is 19.8 Å². The van der Waals surface area contributed by atoms with Crippen molar-refractivity contribution in [1.29, 1.82) is 0 Å². The molecule has 1 fully saturated rings. The highest BCUT2D eigenvalue weighted by Gasteiger charge is 2.19. The van der Waals surface area contributed by atoms with Crippen LogP contribution in [-0.2, 0) is 9.53 Å². The number of aromatic nitrogens is 1. The molecule has 1 aromatic carbocycles. The lowest BCUT2D eigenvalue weighted by molar-refractivity contribution is -0.114. The van der Waals surface area contributed by atoms with E-state index in [0.717, 1.165) is 11.3 Å². The van der Waals surface area contributed by atoms with Crippen LogP contribution in [0, 0.1) is 13.8 Å². The smallest absolute Gasteiger partial charge is 0.254 e. The summed E-state index contributed by atoms with van der Waals surface area (Å²) >= 11 is 0. The van der Waals surface area contributed by atoms with Gasteiger partial charge in [-0.05, 0) is 31.5 Å². The standard InChI is InChI=1S/C18H22N4O4/c1-12-3-4-14(18(24)22-5-7-25-8-6-22)10-15(12)19-11-17(23)20-16-9-13(2)26-21-16/h3-4,9-10,19H,5-8,11H2,1-2H3,(H,20,21,23). The van der Waals surface area contributed by atoms with Crippen molar-refractivity contribution in [2.45, 2.75) is 13.8 Å². The van der Waals surface area contributed by atoms with Crippen molar-refractivity contribution in [3.05, 3.63) is 41.2 Å². The summed E-state index contributed by atoms with van der Waals surface area (Å²) in [5.74, 6) is 0.724. The zero-order chi connectivity index (χ0) is 18.5. The van der Waals surface area contributed by atoms with E-state index >= 15 is 0 Å². The third-order valence-corrected chi connectivity index (χ3v) is 4.12. The van der Waals surface area contributed by atoms with Crippen molar-refractivity contribution >= 4 is 23.3 Å². The monoisotopic (exact) mass is 358 g/mol. The highest BCUT2D eigenvalue weighted by Crippen LogP contribution is 2.18. The van der Waals surface area contributed by atoms with E-state index in [9.17, 15) is 9.59 Å². The molecule has 0 unspecified atom stereocenters. The van der Waals surface area contributed by atoms with E-state index < -0.39 is 0 Å². The zero-order valence-electron chi connectivity index (χ0n) is 14.9. The van der Waals surface area contributed by atoms with Crippen LogP contribution in [-0.4, -0.2) is 54.7 Å². The number of nitrogens with one attached hydrogen (secondary N) is 2. The van der Waals surface area contributed by atoms with E-state index in [1.807, 2.05) is 13.0 Å². The first-order chi connectivity index (χ1) is 12.5. The number of aryl methyl sites for hydroxylation is 2. The van der Waals surface area contributed by atoms with Crippen molar-refractivity contribution in [2.75, 3.05) is 43.5 Å². The number of ether oxygens (including phenoxy) is 1. The Balaban J connectivity index is 1.62. The lowest BCUT2D eigenvalue weighted by Gasteiger charge is -2.27. The number of carbonyl (C=O) groups excluding carboxylic acids is 2. The molecule has 138 valence electrons. The molecule has 0 aliphatic carbocycles. The van der Waals surface area contributed by atoms with Crippen LogP contribution in [0.3, 0.4) is 0 Å². The highest BCUT2D eigenvalue weighted by atomic mass is 16.5. The number of benzene rings is 1. The summed E-state index contributed by atoms with van der Waals surface area (Å²) in [7, 11) is 0. The topological polar surface area (TPSA) is 96.7 Å². The Morgan fingerprint density at radius 3 is 2.65 bits per heavy atom. The van der Waals surface area contributed by atoms with Crippen LogP contribution in [0.2, 0.25) is 0 Å². The second-order valence-corrected chi connectivity index (χ2v) is 6.16. The Morgan fingerprint density at radius 2 is 1.96 bits per heavy atom. The van der Waals surface area contributed by atoms with E-state index in [4.69, 9.17) is 9.26 Å². The molecule has 8 heteroatoms. The Morgan fingerprint density at radius 1 is 1.19 bits per heavy atom. The van der Waals surface area contributed by atoms with Crippen molar-refractivity contribution in [3.63, 3.8) is 0 Å². The van der Waals surface area contributed by atoms with Crippen LogP contribution in [0.4, 0.5) is 11.5 Å². The van der Waals surface area contributed by atoms with E-state index in [1.54, 1.807) is 30.0 Å². The maximum Gasteiger partial charge on any atom is 0.254 e. The molecule has 26 heavy (non-hydrogen) atoms. The van der Waals surface area contributed by atoms with Gasteiger partial charge < -0.3 is 24.8 Å². The number of nitrogens with zero attached hydrogens (tertiary/aromatic N) is 2. The summed E-state index contributed by atoms with van der Waals surface area (Å²) < 4.78 is 10.2. The SMILES string of the molecule is Cc1cc(NC(=O)CNc2cc(C(=O)N3CCOCC3)ccc2C)no1. The van der Waals surface area contributed by atoms with E-state index in [1.165, 1.54) is 0 Å². The van der Waals surface area contributed by atoms with Crippen LogP contribution in [0.15, 0.2) is 28.8 Å². The molecule has 0 radical (unpaired) electrons. The van der Waals surface area contributed by atoms with Gasteiger partial charge in [-0.15, -0.1) is 0 Å². The molecule has 0 spiro atoms. The largest absolute Gasteiger partial charge is 0.378 e. The molecule has 2 N–H and O–H groups in total. The van der Waals surface area contributed by atoms with E-state index in [2.05, 4.69) is 15.8 Å². The van der Waals surface area contributed by atoms with Crippen LogP contribution in [0.1, 0.15) is 21.7 Å². The molecule has 3 rings (SSSR count). The second kappa shape index (κ2) is 8.01. The second-order valence-electron chi connectivity index (χ2n) is 6.16. The predicted octanol–water partition coefficient (Wildman–Crippen LogP) is 1.81. The Bertz CT molecular complexity index is 796. The van der Waals surface area contributed by atoms with Gasteiger partial charge >= 0.3 is 0 Å². The first kappa shape index (κ1) is 17.9. The average molecular weight is 358 g/mol. The number of amides is 2. The number of carbonyl (C=O) groups is 2. The minimum absolute atomic E-state index is 0.0288. The van der Waals surface area contributed by atoms with Gasteiger partial charge in [-0.3, -0.25) is 9.59 Å². The van der Waals surface area contributed by atoms with E-state index in [-0.39, 0.29) is 18.4 Å². The normalized spacial score (nSPS) is 14.2. The van der Waals surface area contributed by atoms with Gasteiger partial charge in [0.25, 0.3) is 5.91 Å². The molecule has 0 atom stereocenters. The number of anilines is 2. The number of hydrogen-bond acceptors (Lipinski definition) is 6. The Labute approximate surface area is 151 Å². The summed E-state index contributed by atoms with van der Waals surface area (Å²) in [6.45, 7) is 6.03. The molecular formula is C18H22N4O4. The third kappa shape index (κ3) is 4.40. The molecule has 2 aromatic rings. The molecule has 1 saturated heterocycles. The predicted molar refractivity (Wildman–Crippen MR) is 96.3 cm³/mol. The van der Waals surface area contributed by atoms with Crippen molar-refractivity contribution in [1.82, 2.24) is 10.1 Å². The zero-order valence-corrected chi connectivity index (χ0v) is 14.9.